The van der Waals surface area contributed by atoms with Crippen molar-refractivity contribution in [1.29, 1.82) is 0 Å². The third-order valence-corrected chi connectivity index (χ3v) is 5.47. The number of benzene rings is 2. The molecule has 0 aliphatic heterocycles. The van der Waals surface area contributed by atoms with Crippen LogP contribution in [0.3, 0.4) is 0 Å². The molecule has 1 N–H and O–H groups in total. The molecule has 0 saturated carbocycles. The van der Waals surface area contributed by atoms with E-state index in [2.05, 4.69) is 41.8 Å². The van der Waals surface area contributed by atoms with Gasteiger partial charge in [-0.05, 0) is 71.7 Å². The third kappa shape index (κ3) is 5.46. The van der Waals surface area contributed by atoms with Crippen LogP contribution in [-0.2, 0) is 10.0 Å². The first-order chi connectivity index (χ1) is 12.2. The van der Waals surface area contributed by atoms with Gasteiger partial charge in [0.1, 0.15) is 0 Å². The Labute approximate surface area is 169 Å². The molecule has 0 aromatic heterocycles. The highest BCUT2D eigenvalue weighted by Gasteiger charge is 2.14. The number of nitrogens with zero attached hydrogens (tertiary/aromatic N) is 1. The third-order valence-electron chi connectivity index (χ3n) is 3.12. The maximum atomic E-state index is 12.2. The minimum Gasteiger partial charge on any atom is -0.493 e. The van der Waals surface area contributed by atoms with Gasteiger partial charge in [-0.15, -0.1) is 0 Å². The summed E-state index contributed by atoms with van der Waals surface area (Å²) in [7, 11) is -2.20. The highest BCUT2D eigenvalue weighted by Crippen LogP contribution is 2.36. The Bertz CT molecular complexity index is 898. The van der Waals surface area contributed by atoms with Gasteiger partial charge in [-0.25, -0.2) is 4.83 Å². The lowest BCUT2D eigenvalue weighted by atomic mass is 10.2. The van der Waals surface area contributed by atoms with Crippen molar-refractivity contribution < 1.29 is 17.9 Å². The average Bonchev–Trinajstić information content (AvgIpc) is 2.57. The predicted octanol–water partition coefficient (Wildman–Crippen LogP) is 4.32. The topological polar surface area (TPSA) is 77.0 Å². The lowest BCUT2D eigenvalue weighted by Gasteiger charge is -2.15. The zero-order chi connectivity index (χ0) is 19.3. The number of methoxy groups -OCH3 is 1. The summed E-state index contributed by atoms with van der Waals surface area (Å²) in [6.45, 7) is 3.83. The highest BCUT2D eigenvalue weighted by molar-refractivity contribution is 9.10. The molecule has 140 valence electrons. The normalized spacial score (nSPS) is 11.8. The van der Waals surface area contributed by atoms with Gasteiger partial charge in [-0.1, -0.05) is 15.9 Å². The van der Waals surface area contributed by atoms with Gasteiger partial charge in [0.05, 0.1) is 28.8 Å². The molecule has 0 saturated heterocycles. The average molecular weight is 506 g/mol. The first kappa shape index (κ1) is 20.7. The number of rotatable bonds is 7. The predicted molar refractivity (Wildman–Crippen MR) is 109 cm³/mol. The van der Waals surface area contributed by atoms with Crippen molar-refractivity contribution in [1.82, 2.24) is 4.83 Å². The quantitative estimate of drug-likeness (QED) is 0.449. The number of hydrogen-bond donors (Lipinski definition) is 1. The van der Waals surface area contributed by atoms with Crippen molar-refractivity contribution in [3.63, 3.8) is 0 Å². The van der Waals surface area contributed by atoms with E-state index in [1.165, 1.54) is 25.5 Å². The summed E-state index contributed by atoms with van der Waals surface area (Å²) in [5, 5.41) is 3.83. The molecular formula is C17H18Br2N2O4S. The van der Waals surface area contributed by atoms with Gasteiger partial charge in [-0.3, -0.25) is 0 Å². The van der Waals surface area contributed by atoms with Crippen LogP contribution in [0.4, 0.5) is 0 Å². The van der Waals surface area contributed by atoms with Gasteiger partial charge in [0, 0.05) is 4.47 Å². The van der Waals surface area contributed by atoms with E-state index in [0.29, 0.717) is 21.5 Å². The van der Waals surface area contributed by atoms with E-state index in [9.17, 15) is 8.42 Å². The Morgan fingerprint density at radius 2 is 1.81 bits per heavy atom. The van der Waals surface area contributed by atoms with E-state index in [4.69, 9.17) is 9.47 Å². The Hall–Kier alpha value is -1.58. The van der Waals surface area contributed by atoms with Crippen LogP contribution in [0.2, 0.25) is 0 Å². The number of nitrogens with one attached hydrogen (secondary N) is 1. The maximum absolute atomic E-state index is 12.2. The molecule has 0 atom stereocenters. The lowest BCUT2D eigenvalue weighted by molar-refractivity contribution is 0.228. The van der Waals surface area contributed by atoms with Crippen LogP contribution in [0.1, 0.15) is 19.4 Å². The van der Waals surface area contributed by atoms with Crippen LogP contribution in [0.5, 0.6) is 11.5 Å². The summed E-state index contributed by atoms with van der Waals surface area (Å²) in [5.74, 6) is 1.10. The molecule has 0 spiro atoms. The number of hydrazone groups is 1. The SMILES string of the molecule is COc1cc(/C=N\NS(=O)(=O)c2ccc(Br)cc2)cc(Br)c1OC(C)C. The Balaban J connectivity index is 2.20. The van der Waals surface area contributed by atoms with Crippen LogP contribution in [0, 0.1) is 0 Å². The fourth-order valence-electron chi connectivity index (χ4n) is 2.00. The minimum absolute atomic E-state index is 0.0163. The smallest absolute Gasteiger partial charge is 0.276 e. The molecule has 2 aromatic rings. The molecule has 0 aliphatic carbocycles. The summed E-state index contributed by atoms with van der Waals surface area (Å²) in [4.78, 5) is 2.31. The second kappa shape index (κ2) is 8.88. The van der Waals surface area contributed by atoms with Gasteiger partial charge < -0.3 is 9.47 Å². The maximum Gasteiger partial charge on any atom is 0.276 e. The van der Waals surface area contributed by atoms with Gasteiger partial charge in [0.15, 0.2) is 11.5 Å². The van der Waals surface area contributed by atoms with Crippen molar-refractivity contribution in [3.8, 4) is 11.5 Å². The molecule has 0 amide bonds. The van der Waals surface area contributed by atoms with Crippen molar-refractivity contribution in [3.05, 3.63) is 50.9 Å². The molecule has 0 radical (unpaired) electrons. The standard InChI is InChI=1S/C17H18Br2N2O4S/c1-11(2)25-17-15(19)8-12(9-16(17)24-3)10-20-21-26(22,23)14-6-4-13(18)5-7-14/h4-11,21H,1-3H3/b20-10-. The number of halogens is 2. The fourth-order valence-corrected chi connectivity index (χ4v) is 3.61. The van der Waals surface area contributed by atoms with Crippen LogP contribution in [0.15, 0.2) is 55.3 Å². The van der Waals surface area contributed by atoms with Crippen LogP contribution < -0.4 is 14.3 Å². The second-order valence-electron chi connectivity index (χ2n) is 5.51. The zero-order valence-electron chi connectivity index (χ0n) is 14.4. The van der Waals surface area contributed by atoms with Crippen molar-refractivity contribution in [2.24, 2.45) is 5.10 Å². The van der Waals surface area contributed by atoms with E-state index < -0.39 is 10.0 Å². The van der Waals surface area contributed by atoms with E-state index in [1.807, 2.05) is 13.8 Å². The molecule has 0 heterocycles. The Morgan fingerprint density at radius 1 is 1.15 bits per heavy atom. The highest BCUT2D eigenvalue weighted by atomic mass is 79.9. The molecule has 0 unspecified atom stereocenters. The van der Waals surface area contributed by atoms with E-state index in [1.54, 1.807) is 24.3 Å². The van der Waals surface area contributed by atoms with Crippen molar-refractivity contribution in [2.75, 3.05) is 7.11 Å². The van der Waals surface area contributed by atoms with Gasteiger partial charge in [0.25, 0.3) is 10.0 Å². The first-order valence-electron chi connectivity index (χ1n) is 7.57. The second-order valence-corrected chi connectivity index (χ2v) is 8.94. The van der Waals surface area contributed by atoms with Gasteiger partial charge >= 0.3 is 0 Å². The molecule has 0 aliphatic rings. The largest absolute Gasteiger partial charge is 0.493 e. The molecule has 2 aromatic carbocycles. The van der Waals surface area contributed by atoms with Gasteiger partial charge in [-0.2, -0.15) is 13.5 Å². The Kier molecular flexibility index (Phi) is 7.08. The minimum atomic E-state index is -3.73. The van der Waals surface area contributed by atoms with Crippen LogP contribution in [-0.4, -0.2) is 27.8 Å². The zero-order valence-corrected chi connectivity index (χ0v) is 18.4. The molecule has 9 heteroatoms. The molecule has 0 fully saturated rings. The molecule has 26 heavy (non-hydrogen) atoms. The molecule has 2 rings (SSSR count). The van der Waals surface area contributed by atoms with E-state index in [0.717, 1.165) is 4.47 Å². The monoisotopic (exact) mass is 504 g/mol. The summed E-state index contributed by atoms with van der Waals surface area (Å²) in [6.07, 6.45) is 1.38. The molecular weight excluding hydrogens is 488 g/mol. The number of ether oxygens (including phenoxy) is 2. The van der Waals surface area contributed by atoms with Crippen molar-refractivity contribution >= 4 is 48.1 Å². The van der Waals surface area contributed by atoms with Gasteiger partial charge in [0.2, 0.25) is 0 Å². The number of hydrogen-bond acceptors (Lipinski definition) is 5. The summed E-state index contributed by atoms with van der Waals surface area (Å²) in [5.41, 5.74) is 0.642. The summed E-state index contributed by atoms with van der Waals surface area (Å²) in [6, 6.07) is 9.73. The van der Waals surface area contributed by atoms with Crippen LogP contribution in [0.25, 0.3) is 0 Å². The fraction of sp³-hybridized carbons (Fsp3) is 0.235. The first-order valence-corrected chi connectivity index (χ1v) is 10.6. The summed E-state index contributed by atoms with van der Waals surface area (Å²) >= 11 is 6.70. The molecule has 0 bridgehead atoms. The molecule has 6 nitrogen and oxygen atoms in total. The van der Waals surface area contributed by atoms with Crippen molar-refractivity contribution in [2.45, 2.75) is 24.8 Å². The number of sulfonamides is 1. The Morgan fingerprint density at radius 3 is 2.38 bits per heavy atom. The summed E-state index contributed by atoms with van der Waals surface area (Å²) < 4.78 is 36.9. The van der Waals surface area contributed by atoms with Crippen LogP contribution >= 0.6 is 31.9 Å². The lowest BCUT2D eigenvalue weighted by Crippen LogP contribution is -2.18. The van der Waals surface area contributed by atoms with E-state index in [-0.39, 0.29) is 11.0 Å². The van der Waals surface area contributed by atoms with E-state index >= 15 is 0 Å².